The maximum Gasteiger partial charge on any atom is 0.434 e. The Morgan fingerprint density at radius 3 is 2.67 bits per heavy atom. The van der Waals surface area contributed by atoms with Crippen LogP contribution in [-0.2, 0) is 17.4 Å². The van der Waals surface area contributed by atoms with Gasteiger partial charge in [0, 0.05) is 12.1 Å². The van der Waals surface area contributed by atoms with Gasteiger partial charge in [-0.05, 0) is 36.1 Å². The Bertz CT molecular complexity index is 1100. The molecule has 0 spiro atoms. The van der Waals surface area contributed by atoms with Crippen LogP contribution in [0.5, 0.6) is 0 Å². The maximum absolute atomic E-state index is 13.7. The normalized spacial score (nSPS) is 17.0. The summed E-state index contributed by atoms with van der Waals surface area (Å²) in [5.74, 6) is -0.476. The maximum atomic E-state index is 13.7. The van der Waals surface area contributed by atoms with Crippen LogP contribution in [0.25, 0.3) is 16.8 Å². The molecule has 9 heteroatoms. The minimum Gasteiger partial charge on any atom is -0.290 e. The molecule has 3 aromatic rings. The first kappa shape index (κ1) is 16.2. The zero-order valence-electron chi connectivity index (χ0n) is 13.8. The number of halogens is 4. The lowest BCUT2D eigenvalue weighted by molar-refractivity contribution is -0.140. The van der Waals surface area contributed by atoms with E-state index < -0.39 is 17.8 Å². The molecule has 1 aliphatic carbocycles. The van der Waals surface area contributed by atoms with E-state index in [1.165, 1.54) is 22.6 Å². The van der Waals surface area contributed by atoms with Gasteiger partial charge in [0.1, 0.15) is 12.0 Å². The fourth-order valence-electron chi connectivity index (χ4n) is 3.47. The van der Waals surface area contributed by atoms with Gasteiger partial charge >= 0.3 is 6.18 Å². The molecule has 1 aliphatic heterocycles. The Hall–Kier alpha value is -2.97. The summed E-state index contributed by atoms with van der Waals surface area (Å²) in [7, 11) is 0. The summed E-state index contributed by atoms with van der Waals surface area (Å²) in [4.78, 5) is 19.6. The van der Waals surface area contributed by atoms with E-state index in [-0.39, 0.29) is 39.9 Å². The number of benzene rings is 1. The van der Waals surface area contributed by atoms with Crippen molar-refractivity contribution in [1.29, 1.82) is 0 Å². The number of carbonyl (C=O) groups is 1. The van der Waals surface area contributed by atoms with Gasteiger partial charge in [-0.25, -0.2) is 9.97 Å². The number of anilines is 1. The van der Waals surface area contributed by atoms with Gasteiger partial charge in [-0.15, -0.1) is 5.12 Å². The van der Waals surface area contributed by atoms with E-state index in [1.54, 1.807) is 6.20 Å². The van der Waals surface area contributed by atoms with Crippen LogP contribution in [0.1, 0.15) is 35.7 Å². The Morgan fingerprint density at radius 1 is 1.19 bits per heavy atom. The van der Waals surface area contributed by atoms with Crippen LogP contribution in [0, 0.1) is 0 Å². The molecule has 2 aliphatic rings. The van der Waals surface area contributed by atoms with Crippen LogP contribution in [0.2, 0.25) is 0 Å². The van der Waals surface area contributed by atoms with Gasteiger partial charge in [-0.3, -0.25) is 9.20 Å². The Balaban J connectivity index is 1.76. The molecule has 2 aromatic heterocycles. The first-order valence-corrected chi connectivity index (χ1v) is 8.40. The molecule has 0 atom stereocenters. The predicted molar refractivity (Wildman–Crippen MR) is 87.7 cm³/mol. The number of hydrogen-bond donors (Lipinski definition) is 0. The average molecular weight is 376 g/mol. The Labute approximate surface area is 150 Å². The number of hydrogen-bond acceptors (Lipinski definition) is 3. The van der Waals surface area contributed by atoms with E-state index in [0.717, 1.165) is 24.9 Å². The zero-order valence-corrected chi connectivity index (χ0v) is 13.8. The van der Waals surface area contributed by atoms with E-state index in [9.17, 15) is 22.4 Å². The lowest BCUT2D eigenvalue weighted by atomic mass is 10.0. The molecule has 1 amide bonds. The van der Waals surface area contributed by atoms with Gasteiger partial charge in [-0.2, -0.15) is 13.2 Å². The van der Waals surface area contributed by atoms with Crippen molar-refractivity contribution < 1.29 is 22.4 Å². The molecule has 0 N–H and O–H groups in total. The smallest absolute Gasteiger partial charge is 0.290 e. The van der Waals surface area contributed by atoms with Crippen LogP contribution in [-0.4, -0.2) is 20.3 Å². The fourth-order valence-corrected chi connectivity index (χ4v) is 3.47. The second kappa shape index (κ2) is 5.28. The summed E-state index contributed by atoms with van der Waals surface area (Å²) >= 11 is 0. The molecule has 5 nitrogen and oxygen atoms in total. The summed E-state index contributed by atoms with van der Waals surface area (Å²) < 4.78 is 56.1. The average Bonchev–Trinajstić information content (AvgIpc) is 3.31. The molecular formula is C18H12F4N4O. The predicted octanol–water partition coefficient (Wildman–Crippen LogP) is 4.07. The monoisotopic (exact) mass is 376 g/mol. The molecule has 3 heterocycles. The standard InChI is InChI=1S/C18H12F4N4O/c19-18(20,21)16-15(10-3-4-13-11(5-10)6-14(27)26(13)22)17-24-12(9-1-2-9)7-25(17)8-23-16/h3-5,7-9H,1-2,6H2. The summed E-state index contributed by atoms with van der Waals surface area (Å²) in [5, 5.41) is 0.0172. The lowest BCUT2D eigenvalue weighted by Gasteiger charge is -2.14. The van der Waals surface area contributed by atoms with E-state index in [2.05, 4.69) is 9.97 Å². The highest BCUT2D eigenvalue weighted by atomic mass is 19.4. The van der Waals surface area contributed by atoms with Gasteiger partial charge in [0.2, 0.25) is 0 Å². The van der Waals surface area contributed by atoms with Crippen molar-refractivity contribution in [3.05, 3.63) is 47.7 Å². The van der Waals surface area contributed by atoms with Crippen LogP contribution >= 0.6 is 0 Å². The second-order valence-corrected chi connectivity index (χ2v) is 6.83. The van der Waals surface area contributed by atoms with Crippen molar-refractivity contribution in [3.8, 4) is 11.1 Å². The van der Waals surface area contributed by atoms with E-state index >= 15 is 0 Å². The highest BCUT2D eigenvalue weighted by molar-refractivity contribution is 6.00. The van der Waals surface area contributed by atoms with Crippen molar-refractivity contribution >= 4 is 17.2 Å². The number of carbonyl (C=O) groups excluding carboxylic acids is 1. The molecule has 1 aromatic carbocycles. The summed E-state index contributed by atoms with van der Waals surface area (Å²) in [5.41, 5.74) is 0.275. The molecule has 1 saturated carbocycles. The van der Waals surface area contributed by atoms with E-state index in [4.69, 9.17) is 0 Å². The van der Waals surface area contributed by atoms with Gasteiger partial charge in [0.15, 0.2) is 5.69 Å². The molecule has 5 rings (SSSR count). The highest BCUT2D eigenvalue weighted by Crippen LogP contribution is 2.43. The molecule has 1 fully saturated rings. The topological polar surface area (TPSA) is 50.5 Å². The first-order chi connectivity index (χ1) is 12.8. The summed E-state index contributed by atoms with van der Waals surface area (Å²) in [6, 6.07) is 4.08. The number of nitrogens with zero attached hydrogens (tertiary/aromatic N) is 4. The number of fused-ring (bicyclic) bond motifs is 2. The zero-order chi connectivity index (χ0) is 18.9. The molecule has 0 saturated heterocycles. The SMILES string of the molecule is O=C1Cc2cc(-c3c(C(F)(F)F)ncn4cc(C5CC5)nc34)ccc2N1F. The van der Waals surface area contributed by atoms with Gasteiger partial charge in [-0.1, -0.05) is 10.5 Å². The first-order valence-electron chi connectivity index (χ1n) is 8.40. The minimum absolute atomic E-state index is 0.0172. The van der Waals surface area contributed by atoms with Crippen LogP contribution in [0.3, 0.4) is 0 Å². The Kier molecular flexibility index (Phi) is 3.17. The third kappa shape index (κ3) is 2.48. The molecule has 0 radical (unpaired) electrons. The fraction of sp³-hybridized carbons (Fsp3) is 0.278. The lowest BCUT2D eigenvalue weighted by Crippen LogP contribution is -2.15. The van der Waals surface area contributed by atoms with Crippen LogP contribution in [0.4, 0.5) is 23.3 Å². The number of alkyl halides is 3. The van der Waals surface area contributed by atoms with Crippen molar-refractivity contribution in [1.82, 2.24) is 14.4 Å². The largest absolute Gasteiger partial charge is 0.434 e. The Morgan fingerprint density at radius 2 is 1.96 bits per heavy atom. The van der Waals surface area contributed by atoms with Crippen molar-refractivity contribution in [2.24, 2.45) is 0 Å². The minimum atomic E-state index is -4.68. The third-order valence-electron chi connectivity index (χ3n) is 4.93. The summed E-state index contributed by atoms with van der Waals surface area (Å²) in [6.45, 7) is 0. The van der Waals surface area contributed by atoms with E-state index in [0.29, 0.717) is 5.56 Å². The quantitative estimate of drug-likeness (QED) is 0.501. The van der Waals surface area contributed by atoms with Gasteiger partial charge in [0.05, 0.1) is 23.4 Å². The van der Waals surface area contributed by atoms with Crippen molar-refractivity contribution in [2.45, 2.75) is 31.4 Å². The number of amides is 1. The molecule has 138 valence electrons. The van der Waals surface area contributed by atoms with Crippen molar-refractivity contribution in [3.63, 3.8) is 0 Å². The van der Waals surface area contributed by atoms with Crippen molar-refractivity contribution in [2.75, 3.05) is 5.12 Å². The number of rotatable bonds is 2. The molecule has 0 unspecified atom stereocenters. The number of aromatic nitrogens is 3. The van der Waals surface area contributed by atoms with Crippen LogP contribution < -0.4 is 5.12 Å². The van der Waals surface area contributed by atoms with E-state index in [1.807, 2.05) is 0 Å². The molecule has 0 bridgehead atoms. The molecular weight excluding hydrogens is 364 g/mol. The molecule has 27 heavy (non-hydrogen) atoms. The highest BCUT2D eigenvalue weighted by Gasteiger charge is 2.38. The number of imidazole rings is 1. The second-order valence-electron chi connectivity index (χ2n) is 6.83. The van der Waals surface area contributed by atoms with Gasteiger partial charge < -0.3 is 0 Å². The van der Waals surface area contributed by atoms with Gasteiger partial charge in [0.25, 0.3) is 5.91 Å². The third-order valence-corrected chi connectivity index (χ3v) is 4.93. The van der Waals surface area contributed by atoms with Crippen LogP contribution in [0.15, 0.2) is 30.7 Å². The summed E-state index contributed by atoms with van der Waals surface area (Å²) in [6.07, 6.45) is -0.133.